The summed E-state index contributed by atoms with van der Waals surface area (Å²) in [6, 6.07) is 0.354. The van der Waals surface area contributed by atoms with Gasteiger partial charge in [-0.3, -0.25) is 14.5 Å². The minimum Gasteiger partial charge on any atom is -0.336 e. The van der Waals surface area contributed by atoms with Crippen molar-refractivity contribution < 1.29 is 4.79 Å². The Morgan fingerprint density at radius 2 is 2.32 bits per heavy atom. The molecule has 2 amide bonds. The Bertz CT molecular complexity index is 689. The minimum atomic E-state index is -0.0336. The Kier molecular flexibility index (Phi) is 3.34. The summed E-state index contributed by atoms with van der Waals surface area (Å²) in [6.45, 7) is 6.31. The van der Waals surface area contributed by atoms with Gasteiger partial charge in [-0.05, 0) is 6.92 Å². The standard InChI is InChI=1S/C14H18N6OS/c1-10-17-11(9-22-10)5-18-6-13(7-18)20-8-12(4-16-20)19-3-2-15-14(19)21/h4,8-9,13H,2-3,5-7H2,1H3,(H,15,21). The molecule has 2 saturated heterocycles. The predicted octanol–water partition coefficient (Wildman–Crippen LogP) is 1.23. The zero-order chi connectivity index (χ0) is 15.1. The predicted molar refractivity (Wildman–Crippen MR) is 84.1 cm³/mol. The molecule has 2 aliphatic rings. The van der Waals surface area contributed by atoms with Crippen molar-refractivity contribution in [3.05, 3.63) is 28.5 Å². The first kappa shape index (κ1) is 13.7. The molecule has 2 fully saturated rings. The third-order valence-corrected chi connectivity index (χ3v) is 4.94. The number of nitrogens with zero attached hydrogens (tertiary/aromatic N) is 5. The van der Waals surface area contributed by atoms with E-state index in [1.165, 1.54) is 0 Å². The van der Waals surface area contributed by atoms with Gasteiger partial charge in [-0.25, -0.2) is 9.78 Å². The van der Waals surface area contributed by atoms with Crippen LogP contribution in [0, 0.1) is 6.92 Å². The van der Waals surface area contributed by atoms with Crippen molar-refractivity contribution in [2.45, 2.75) is 19.5 Å². The molecule has 0 spiro atoms. The second kappa shape index (κ2) is 5.36. The summed E-state index contributed by atoms with van der Waals surface area (Å²) >= 11 is 1.70. The number of carbonyl (C=O) groups excluding carboxylic acids is 1. The van der Waals surface area contributed by atoms with E-state index >= 15 is 0 Å². The highest BCUT2D eigenvalue weighted by Gasteiger charge is 2.30. The van der Waals surface area contributed by atoms with Gasteiger partial charge >= 0.3 is 6.03 Å². The monoisotopic (exact) mass is 318 g/mol. The number of amides is 2. The van der Waals surface area contributed by atoms with Crippen LogP contribution < -0.4 is 10.2 Å². The molecule has 4 rings (SSSR count). The van der Waals surface area contributed by atoms with E-state index in [1.54, 1.807) is 22.4 Å². The highest BCUT2D eigenvalue weighted by Crippen LogP contribution is 2.25. The molecule has 116 valence electrons. The number of rotatable bonds is 4. The molecule has 0 unspecified atom stereocenters. The maximum atomic E-state index is 11.7. The van der Waals surface area contributed by atoms with E-state index in [4.69, 9.17) is 0 Å². The average Bonchev–Trinajstić information content (AvgIpc) is 3.14. The number of hydrogen-bond donors (Lipinski definition) is 1. The molecule has 2 aromatic rings. The number of aromatic nitrogens is 3. The summed E-state index contributed by atoms with van der Waals surface area (Å²) in [5.41, 5.74) is 2.03. The van der Waals surface area contributed by atoms with Crippen molar-refractivity contribution in [1.29, 1.82) is 0 Å². The third-order valence-electron chi connectivity index (χ3n) is 4.12. The van der Waals surface area contributed by atoms with Gasteiger partial charge < -0.3 is 5.32 Å². The van der Waals surface area contributed by atoms with Crippen LogP contribution in [0.1, 0.15) is 16.7 Å². The van der Waals surface area contributed by atoms with Crippen LogP contribution in [0.2, 0.25) is 0 Å². The van der Waals surface area contributed by atoms with E-state index in [0.717, 1.165) is 36.0 Å². The van der Waals surface area contributed by atoms with Gasteiger partial charge in [-0.2, -0.15) is 5.10 Å². The molecule has 22 heavy (non-hydrogen) atoms. The maximum absolute atomic E-state index is 11.7. The fourth-order valence-electron chi connectivity index (χ4n) is 2.93. The highest BCUT2D eigenvalue weighted by atomic mass is 32.1. The summed E-state index contributed by atoms with van der Waals surface area (Å²) in [4.78, 5) is 20.3. The number of nitrogens with one attached hydrogen (secondary N) is 1. The molecule has 0 saturated carbocycles. The number of thiazole rings is 1. The molecule has 2 aromatic heterocycles. The lowest BCUT2D eigenvalue weighted by atomic mass is 10.1. The van der Waals surface area contributed by atoms with Gasteiger partial charge in [0.1, 0.15) is 0 Å². The molecule has 0 aliphatic carbocycles. The number of hydrogen-bond acceptors (Lipinski definition) is 5. The van der Waals surface area contributed by atoms with Gasteiger partial charge in [0.05, 0.1) is 28.6 Å². The van der Waals surface area contributed by atoms with E-state index < -0.39 is 0 Å². The minimum absolute atomic E-state index is 0.0336. The number of likely N-dealkylation sites (tertiary alicyclic amines) is 1. The fraction of sp³-hybridized carbons (Fsp3) is 0.500. The molecule has 0 bridgehead atoms. The molecule has 0 aromatic carbocycles. The van der Waals surface area contributed by atoms with Crippen molar-refractivity contribution in [2.24, 2.45) is 0 Å². The first-order valence-corrected chi connectivity index (χ1v) is 8.30. The zero-order valence-electron chi connectivity index (χ0n) is 12.4. The Morgan fingerprint density at radius 1 is 1.45 bits per heavy atom. The molecule has 8 heteroatoms. The number of urea groups is 1. The van der Waals surface area contributed by atoms with Crippen LogP contribution in [-0.4, -0.2) is 51.9 Å². The second-order valence-corrected chi connectivity index (χ2v) is 6.83. The van der Waals surface area contributed by atoms with Crippen LogP contribution in [-0.2, 0) is 6.54 Å². The average molecular weight is 318 g/mol. The normalized spacial score (nSPS) is 19.5. The van der Waals surface area contributed by atoms with Crippen molar-refractivity contribution in [3.63, 3.8) is 0 Å². The van der Waals surface area contributed by atoms with Crippen LogP contribution in [0.25, 0.3) is 0 Å². The highest BCUT2D eigenvalue weighted by molar-refractivity contribution is 7.09. The third kappa shape index (κ3) is 2.48. The Balaban J connectivity index is 1.35. The summed E-state index contributed by atoms with van der Waals surface area (Å²) in [5, 5.41) is 10.5. The van der Waals surface area contributed by atoms with Crippen molar-refractivity contribution in [1.82, 2.24) is 25.0 Å². The lowest BCUT2D eigenvalue weighted by Crippen LogP contribution is -2.47. The summed E-state index contributed by atoms with van der Waals surface area (Å²) in [5.74, 6) is 0. The lowest BCUT2D eigenvalue weighted by molar-refractivity contribution is 0.0897. The maximum Gasteiger partial charge on any atom is 0.322 e. The van der Waals surface area contributed by atoms with E-state index in [1.807, 2.05) is 17.8 Å². The van der Waals surface area contributed by atoms with Crippen molar-refractivity contribution in [3.8, 4) is 0 Å². The molecule has 2 aliphatic heterocycles. The quantitative estimate of drug-likeness (QED) is 0.921. The molecule has 0 radical (unpaired) electrons. The molecule has 7 nitrogen and oxygen atoms in total. The number of aryl methyl sites for hydroxylation is 1. The van der Waals surface area contributed by atoms with Crippen LogP contribution >= 0.6 is 11.3 Å². The smallest absolute Gasteiger partial charge is 0.322 e. The molecule has 4 heterocycles. The first-order chi connectivity index (χ1) is 10.7. The molecular formula is C14H18N6OS. The molecule has 1 N–H and O–H groups in total. The number of anilines is 1. The van der Waals surface area contributed by atoms with Gasteiger partial charge in [0.15, 0.2) is 0 Å². The summed E-state index contributed by atoms with van der Waals surface area (Å²) < 4.78 is 1.98. The zero-order valence-corrected chi connectivity index (χ0v) is 13.2. The van der Waals surface area contributed by atoms with Crippen LogP contribution in [0.4, 0.5) is 10.5 Å². The van der Waals surface area contributed by atoms with Gasteiger partial charge in [-0.15, -0.1) is 11.3 Å². The Morgan fingerprint density at radius 3 is 3.00 bits per heavy atom. The van der Waals surface area contributed by atoms with Gasteiger partial charge in [0.25, 0.3) is 0 Å². The van der Waals surface area contributed by atoms with Crippen molar-refractivity contribution >= 4 is 23.1 Å². The van der Waals surface area contributed by atoms with E-state index in [9.17, 15) is 4.79 Å². The second-order valence-electron chi connectivity index (χ2n) is 5.77. The van der Waals surface area contributed by atoms with E-state index in [-0.39, 0.29) is 6.03 Å². The SMILES string of the molecule is Cc1nc(CN2CC(n3cc(N4CCNC4=O)cn3)C2)cs1. The van der Waals surface area contributed by atoms with Crippen LogP contribution in [0.3, 0.4) is 0 Å². The molecular weight excluding hydrogens is 300 g/mol. The number of carbonyl (C=O) groups is 1. The van der Waals surface area contributed by atoms with E-state index in [2.05, 4.69) is 25.7 Å². The summed E-state index contributed by atoms with van der Waals surface area (Å²) in [7, 11) is 0. The van der Waals surface area contributed by atoms with E-state index in [0.29, 0.717) is 19.1 Å². The Labute approximate surface area is 132 Å². The Hall–Kier alpha value is -1.93. The topological polar surface area (TPSA) is 66.3 Å². The van der Waals surface area contributed by atoms with Gasteiger partial charge in [-0.1, -0.05) is 0 Å². The van der Waals surface area contributed by atoms with Gasteiger partial charge in [0, 0.05) is 44.3 Å². The van der Waals surface area contributed by atoms with Gasteiger partial charge in [0.2, 0.25) is 0 Å². The van der Waals surface area contributed by atoms with Crippen LogP contribution in [0.15, 0.2) is 17.8 Å². The fourth-order valence-corrected chi connectivity index (χ4v) is 3.54. The van der Waals surface area contributed by atoms with Crippen LogP contribution in [0.5, 0.6) is 0 Å². The summed E-state index contributed by atoms with van der Waals surface area (Å²) in [6.07, 6.45) is 3.75. The van der Waals surface area contributed by atoms with Crippen molar-refractivity contribution in [2.75, 3.05) is 31.1 Å². The first-order valence-electron chi connectivity index (χ1n) is 7.42. The largest absolute Gasteiger partial charge is 0.336 e. The molecule has 0 atom stereocenters. The lowest BCUT2D eigenvalue weighted by Gasteiger charge is -2.38.